The third-order valence-corrected chi connectivity index (χ3v) is 9.08. The Labute approximate surface area is 176 Å². The topological polar surface area (TPSA) is 101 Å². The van der Waals surface area contributed by atoms with E-state index >= 15 is 0 Å². The van der Waals surface area contributed by atoms with Gasteiger partial charge in [-0.1, -0.05) is 25.1 Å². The number of hydrogen-bond donors (Lipinski definition) is 0. The average Bonchev–Trinajstić information content (AvgIpc) is 2.93. The van der Waals surface area contributed by atoms with Crippen LogP contribution in [0.5, 0.6) is 5.75 Å². The second-order valence-corrected chi connectivity index (χ2v) is 11.1. The molecule has 2 aliphatic rings. The summed E-state index contributed by atoms with van der Waals surface area (Å²) >= 11 is 0. The number of anilines is 2. The Balaban J connectivity index is 1.85. The molecule has 0 N–H and O–H groups in total. The normalized spacial score (nSPS) is 20.9. The summed E-state index contributed by atoms with van der Waals surface area (Å²) in [6.45, 7) is 1.83. The molecule has 0 bridgehead atoms. The zero-order valence-corrected chi connectivity index (χ0v) is 18.2. The van der Waals surface area contributed by atoms with Crippen molar-refractivity contribution in [3.63, 3.8) is 0 Å². The highest BCUT2D eigenvalue weighted by Gasteiger charge is 2.43. The van der Waals surface area contributed by atoms with E-state index in [1.807, 2.05) is 12.1 Å². The molecule has 30 heavy (non-hydrogen) atoms. The molecule has 10 heteroatoms. The van der Waals surface area contributed by atoms with Crippen LogP contribution >= 0.6 is 0 Å². The van der Waals surface area contributed by atoms with Crippen LogP contribution in [-0.4, -0.2) is 42.2 Å². The summed E-state index contributed by atoms with van der Waals surface area (Å²) < 4.78 is 59.4. The summed E-state index contributed by atoms with van der Waals surface area (Å²) in [5.41, 5.74) is 1.51. The Kier molecular flexibility index (Phi) is 5.01. The molecule has 2 heterocycles. The molecule has 0 radical (unpaired) electrons. The molecule has 1 saturated heterocycles. The van der Waals surface area contributed by atoms with Crippen LogP contribution < -0.4 is 13.3 Å². The lowest BCUT2D eigenvalue weighted by Gasteiger charge is -2.31. The fourth-order valence-electron chi connectivity index (χ4n) is 3.95. The number of sulfonamides is 2. The van der Waals surface area contributed by atoms with E-state index in [-0.39, 0.29) is 22.1 Å². The van der Waals surface area contributed by atoms with Gasteiger partial charge in [0.05, 0.1) is 30.2 Å². The van der Waals surface area contributed by atoms with Crippen molar-refractivity contribution in [2.45, 2.75) is 24.7 Å². The van der Waals surface area contributed by atoms with E-state index in [9.17, 15) is 21.6 Å². The smallest absolute Gasteiger partial charge is 0.268 e. The minimum Gasteiger partial charge on any atom is -0.495 e. The van der Waals surface area contributed by atoms with Crippen molar-refractivity contribution in [1.82, 2.24) is 0 Å². The number of ether oxygens (including phenoxy) is 1. The summed E-state index contributed by atoms with van der Waals surface area (Å²) in [5, 5.41) is 0. The summed E-state index contributed by atoms with van der Waals surface area (Å²) in [5.74, 6) is -1.49. The van der Waals surface area contributed by atoms with Gasteiger partial charge in [-0.3, -0.25) is 9.10 Å². The second kappa shape index (κ2) is 7.28. The number of benzene rings is 2. The lowest BCUT2D eigenvalue weighted by molar-refractivity contribution is -0.119. The molecule has 1 fully saturated rings. The van der Waals surface area contributed by atoms with E-state index in [4.69, 9.17) is 4.74 Å². The van der Waals surface area contributed by atoms with Crippen molar-refractivity contribution in [3.05, 3.63) is 48.0 Å². The van der Waals surface area contributed by atoms with Gasteiger partial charge >= 0.3 is 0 Å². The number of aryl methyl sites for hydroxylation is 1. The summed E-state index contributed by atoms with van der Waals surface area (Å²) in [7, 11) is -6.58. The molecule has 160 valence electrons. The summed E-state index contributed by atoms with van der Waals surface area (Å²) in [6, 6.07) is 11.2. The van der Waals surface area contributed by atoms with Gasteiger partial charge in [0.2, 0.25) is 15.9 Å². The molecule has 0 unspecified atom stereocenters. The summed E-state index contributed by atoms with van der Waals surface area (Å²) in [6.07, 6.45) is 1.44. The first-order valence-corrected chi connectivity index (χ1v) is 12.6. The molecular formula is C20H22N2O6S2. The van der Waals surface area contributed by atoms with Gasteiger partial charge in [-0.15, -0.1) is 0 Å². The molecule has 0 spiro atoms. The van der Waals surface area contributed by atoms with Crippen molar-refractivity contribution in [2.24, 2.45) is 5.92 Å². The van der Waals surface area contributed by atoms with E-state index in [1.165, 1.54) is 36.5 Å². The molecule has 0 aromatic heterocycles. The summed E-state index contributed by atoms with van der Waals surface area (Å²) in [4.78, 5) is 12.3. The fourth-order valence-corrected chi connectivity index (χ4v) is 7.48. The van der Waals surface area contributed by atoms with Crippen LogP contribution in [-0.2, 0) is 31.3 Å². The van der Waals surface area contributed by atoms with Gasteiger partial charge < -0.3 is 4.74 Å². The minimum atomic E-state index is -4.06. The van der Waals surface area contributed by atoms with Gasteiger partial charge in [0.15, 0.2) is 0 Å². The van der Waals surface area contributed by atoms with E-state index < -0.39 is 31.9 Å². The van der Waals surface area contributed by atoms with Crippen molar-refractivity contribution < 1.29 is 26.4 Å². The SMILES string of the molecule is COc1ccc(N2C(=O)[C@H](C)CS2(=O)=O)cc1S(=O)(=O)N1CCCc2ccccc21. The van der Waals surface area contributed by atoms with Crippen LogP contribution in [0.15, 0.2) is 47.4 Å². The van der Waals surface area contributed by atoms with Crippen LogP contribution in [0.4, 0.5) is 11.4 Å². The fraction of sp³-hybridized carbons (Fsp3) is 0.350. The molecule has 1 atom stereocenters. The van der Waals surface area contributed by atoms with Gasteiger partial charge in [-0.25, -0.2) is 21.1 Å². The number of nitrogens with zero attached hydrogens (tertiary/aromatic N) is 2. The van der Waals surface area contributed by atoms with Crippen molar-refractivity contribution in [1.29, 1.82) is 0 Å². The van der Waals surface area contributed by atoms with Crippen LogP contribution in [0.2, 0.25) is 0 Å². The van der Waals surface area contributed by atoms with Crippen molar-refractivity contribution in [3.8, 4) is 5.75 Å². The maximum atomic E-state index is 13.6. The van der Waals surface area contributed by atoms with E-state index in [2.05, 4.69) is 0 Å². The number of carbonyl (C=O) groups excluding carboxylic acids is 1. The molecule has 4 rings (SSSR count). The minimum absolute atomic E-state index is 0.00554. The predicted molar refractivity (Wildman–Crippen MR) is 113 cm³/mol. The number of carbonyl (C=O) groups is 1. The number of hydrogen-bond acceptors (Lipinski definition) is 6. The number of rotatable bonds is 4. The molecule has 2 aliphatic heterocycles. The van der Waals surface area contributed by atoms with Crippen molar-refractivity contribution in [2.75, 3.05) is 28.0 Å². The van der Waals surface area contributed by atoms with Crippen LogP contribution in [0.1, 0.15) is 18.9 Å². The third kappa shape index (κ3) is 3.24. The largest absolute Gasteiger partial charge is 0.495 e. The first-order chi connectivity index (χ1) is 14.2. The van der Waals surface area contributed by atoms with E-state index in [0.717, 1.165) is 12.0 Å². The van der Waals surface area contributed by atoms with Gasteiger partial charge in [0.1, 0.15) is 10.6 Å². The highest BCUT2D eigenvalue weighted by atomic mass is 32.2. The Morgan fingerprint density at radius 1 is 1.13 bits per heavy atom. The Bertz CT molecular complexity index is 1220. The van der Waals surface area contributed by atoms with Gasteiger partial charge in [-0.05, 0) is 42.7 Å². The number of amides is 1. The Hall–Kier alpha value is -2.59. The molecule has 2 aromatic carbocycles. The quantitative estimate of drug-likeness (QED) is 0.708. The standard InChI is InChI=1S/C20H22N2O6S2/c1-14-13-29(24,25)22(20(14)23)16-9-10-18(28-2)19(12-16)30(26,27)21-11-5-7-15-6-3-4-8-17(15)21/h3-4,6,8-10,12,14H,5,7,11,13H2,1-2H3/t14-/m1/s1. The lowest BCUT2D eigenvalue weighted by Crippen LogP contribution is -2.36. The predicted octanol–water partition coefficient (Wildman–Crippen LogP) is 2.15. The second-order valence-electron chi connectivity index (χ2n) is 7.43. The Morgan fingerprint density at radius 3 is 2.53 bits per heavy atom. The van der Waals surface area contributed by atoms with Crippen LogP contribution in [0, 0.1) is 5.92 Å². The zero-order valence-electron chi connectivity index (χ0n) is 16.6. The third-order valence-electron chi connectivity index (χ3n) is 5.38. The van der Waals surface area contributed by atoms with Gasteiger partial charge in [0.25, 0.3) is 10.0 Å². The first-order valence-electron chi connectivity index (χ1n) is 9.52. The van der Waals surface area contributed by atoms with Crippen molar-refractivity contribution >= 4 is 37.3 Å². The lowest BCUT2D eigenvalue weighted by atomic mass is 10.0. The number of methoxy groups -OCH3 is 1. The molecular weight excluding hydrogens is 428 g/mol. The molecule has 1 amide bonds. The molecule has 0 saturated carbocycles. The molecule has 0 aliphatic carbocycles. The zero-order chi connectivity index (χ0) is 21.7. The maximum absolute atomic E-state index is 13.6. The monoisotopic (exact) mass is 450 g/mol. The van der Waals surface area contributed by atoms with Crippen LogP contribution in [0.25, 0.3) is 0 Å². The van der Waals surface area contributed by atoms with E-state index in [1.54, 1.807) is 12.1 Å². The van der Waals surface area contributed by atoms with E-state index in [0.29, 0.717) is 23.0 Å². The number of para-hydroxylation sites is 1. The van der Waals surface area contributed by atoms with Crippen LogP contribution in [0.3, 0.4) is 0 Å². The number of fused-ring (bicyclic) bond motifs is 1. The Morgan fingerprint density at radius 2 is 1.87 bits per heavy atom. The maximum Gasteiger partial charge on any atom is 0.268 e. The first kappa shape index (κ1) is 20.7. The highest BCUT2D eigenvalue weighted by molar-refractivity contribution is 7.94. The van der Waals surface area contributed by atoms with Gasteiger partial charge in [-0.2, -0.15) is 0 Å². The molecule has 2 aromatic rings. The average molecular weight is 451 g/mol. The highest BCUT2D eigenvalue weighted by Crippen LogP contribution is 2.38. The molecule has 8 nitrogen and oxygen atoms in total. The van der Waals surface area contributed by atoms with Gasteiger partial charge in [0, 0.05) is 6.54 Å².